The number of phosphoric acid groups is 1. The second-order valence-electron chi connectivity index (χ2n) is 8.47. The van der Waals surface area contributed by atoms with Crippen LogP contribution in [0.5, 0.6) is 0 Å². The van der Waals surface area contributed by atoms with Crippen LogP contribution in [0, 0.1) is 23.7 Å². The van der Waals surface area contributed by atoms with Crippen molar-refractivity contribution in [3.8, 4) is 12.3 Å². The minimum absolute atomic E-state index is 0.0273. The Balaban J connectivity index is 1.67. The summed E-state index contributed by atoms with van der Waals surface area (Å²) < 4.78 is 40.4. The van der Waals surface area contributed by atoms with Gasteiger partial charge in [0.1, 0.15) is 17.6 Å². The molecular formula is C21H28NO10P. The zero-order valence-electron chi connectivity index (χ0n) is 18.7. The SMILES string of the molecule is C#C[C@]1(C)[C@@H]2O[P@](=O)(OCCC(CO)C(=O)OC(C)C)OC[C@H]2O[C@H]1N1C=CC(=O)CC1=O. The van der Waals surface area contributed by atoms with E-state index < -0.39 is 56.1 Å². The van der Waals surface area contributed by atoms with E-state index in [0.717, 1.165) is 0 Å². The van der Waals surface area contributed by atoms with Gasteiger partial charge in [-0.05, 0) is 33.3 Å². The fourth-order valence-corrected chi connectivity index (χ4v) is 5.28. The number of fused-ring (bicyclic) bond motifs is 1. The van der Waals surface area contributed by atoms with E-state index >= 15 is 0 Å². The number of hydrogen-bond acceptors (Lipinski definition) is 10. The summed E-state index contributed by atoms with van der Waals surface area (Å²) in [5.41, 5.74) is -1.22. The van der Waals surface area contributed by atoms with Gasteiger partial charge in [0.15, 0.2) is 12.0 Å². The van der Waals surface area contributed by atoms with Crippen molar-refractivity contribution in [2.24, 2.45) is 11.3 Å². The van der Waals surface area contributed by atoms with Crippen LogP contribution in [0.15, 0.2) is 12.3 Å². The van der Waals surface area contributed by atoms with Crippen LogP contribution >= 0.6 is 7.82 Å². The lowest BCUT2D eigenvalue weighted by atomic mass is 9.82. The molecule has 0 aromatic carbocycles. The van der Waals surface area contributed by atoms with Gasteiger partial charge in [0.05, 0.1) is 38.3 Å². The van der Waals surface area contributed by atoms with Crippen molar-refractivity contribution in [3.05, 3.63) is 12.3 Å². The molecule has 6 atom stereocenters. The largest absolute Gasteiger partial charge is 0.475 e. The number of carbonyl (C=O) groups is 3. The first-order valence-electron chi connectivity index (χ1n) is 10.6. The lowest BCUT2D eigenvalue weighted by Crippen LogP contribution is -2.49. The Morgan fingerprint density at radius 3 is 2.79 bits per heavy atom. The lowest BCUT2D eigenvalue weighted by molar-refractivity contribution is -0.154. The molecule has 0 bridgehead atoms. The highest BCUT2D eigenvalue weighted by Gasteiger charge is 2.61. The minimum atomic E-state index is -4.08. The molecule has 12 heteroatoms. The molecule has 0 radical (unpaired) electrons. The Bertz CT molecular complexity index is 911. The van der Waals surface area contributed by atoms with Crippen LogP contribution in [0.4, 0.5) is 0 Å². The average molecular weight is 485 g/mol. The summed E-state index contributed by atoms with van der Waals surface area (Å²) in [6.45, 7) is 4.16. The average Bonchev–Trinajstić information content (AvgIpc) is 3.03. The van der Waals surface area contributed by atoms with E-state index in [-0.39, 0.29) is 37.9 Å². The maximum absolute atomic E-state index is 13.1. The number of amides is 1. The number of terminal acetylenes is 1. The molecule has 3 rings (SSSR count). The van der Waals surface area contributed by atoms with Gasteiger partial charge < -0.3 is 14.6 Å². The summed E-state index contributed by atoms with van der Waals surface area (Å²) in [5, 5.41) is 9.44. The number of rotatable bonds is 8. The van der Waals surface area contributed by atoms with Crippen molar-refractivity contribution < 1.29 is 47.1 Å². The highest BCUT2D eigenvalue weighted by atomic mass is 31.2. The van der Waals surface area contributed by atoms with Crippen molar-refractivity contribution in [3.63, 3.8) is 0 Å². The summed E-state index contributed by atoms with van der Waals surface area (Å²) in [6, 6.07) is 0. The third-order valence-corrected chi connectivity index (χ3v) is 7.05. The number of carbonyl (C=O) groups excluding carboxylic acids is 3. The van der Waals surface area contributed by atoms with Gasteiger partial charge in [-0.3, -0.25) is 32.9 Å². The second kappa shape index (κ2) is 10.1. The van der Waals surface area contributed by atoms with E-state index in [2.05, 4.69) is 5.92 Å². The Morgan fingerprint density at radius 2 is 2.18 bits per heavy atom. The molecule has 0 aromatic heterocycles. The molecular weight excluding hydrogens is 457 g/mol. The molecule has 11 nitrogen and oxygen atoms in total. The Labute approximate surface area is 191 Å². The van der Waals surface area contributed by atoms with E-state index in [1.54, 1.807) is 20.8 Å². The van der Waals surface area contributed by atoms with Crippen molar-refractivity contribution in [2.45, 2.75) is 58.2 Å². The van der Waals surface area contributed by atoms with Crippen LogP contribution in [-0.4, -0.2) is 72.0 Å². The number of hydrogen-bond donors (Lipinski definition) is 1. The molecule has 3 aliphatic heterocycles. The predicted molar refractivity (Wildman–Crippen MR) is 112 cm³/mol. The van der Waals surface area contributed by atoms with Crippen LogP contribution in [0.3, 0.4) is 0 Å². The van der Waals surface area contributed by atoms with Gasteiger partial charge >= 0.3 is 13.8 Å². The van der Waals surface area contributed by atoms with Gasteiger partial charge in [0.2, 0.25) is 5.91 Å². The molecule has 33 heavy (non-hydrogen) atoms. The molecule has 3 heterocycles. The first-order chi connectivity index (χ1) is 15.5. The van der Waals surface area contributed by atoms with E-state index in [0.29, 0.717) is 0 Å². The molecule has 0 aliphatic carbocycles. The van der Waals surface area contributed by atoms with Crippen LogP contribution in [-0.2, 0) is 42.0 Å². The van der Waals surface area contributed by atoms with Crippen LogP contribution in [0.1, 0.15) is 33.6 Å². The topological polar surface area (TPSA) is 138 Å². The van der Waals surface area contributed by atoms with Gasteiger partial charge in [-0.15, -0.1) is 6.42 Å². The number of ether oxygens (including phenoxy) is 2. The predicted octanol–water partition coefficient (Wildman–Crippen LogP) is 1.16. The maximum atomic E-state index is 13.1. The number of aliphatic hydroxyl groups excluding tert-OH is 1. The number of nitrogens with zero attached hydrogens (tertiary/aromatic N) is 1. The number of ketones is 1. The summed E-state index contributed by atoms with van der Waals surface area (Å²) in [7, 11) is -4.08. The molecule has 182 valence electrons. The molecule has 1 amide bonds. The van der Waals surface area contributed by atoms with E-state index in [1.807, 2.05) is 0 Å². The first kappa shape index (κ1) is 25.6. The van der Waals surface area contributed by atoms with E-state index in [4.69, 9.17) is 29.5 Å². The molecule has 0 saturated carbocycles. The Kier molecular flexibility index (Phi) is 7.79. The number of esters is 1. The molecule has 1 unspecified atom stereocenters. The first-order valence-corrected chi connectivity index (χ1v) is 12.0. The van der Waals surface area contributed by atoms with Gasteiger partial charge in [-0.1, -0.05) is 5.92 Å². The fourth-order valence-electron chi connectivity index (χ4n) is 3.79. The lowest BCUT2D eigenvalue weighted by Gasteiger charge is -2.37. The Hall–Kier alpha value is -2.06. The number of allylic oxidation sites excluding steroid dienone is 1. The normalized spacial score (nSPS) is 34.8. The summed E-state index contributed by atoms with van der Waals surface area (Å²) >= 11 is 0. The standard InChI is InChI=1S/C21H28NO10P/c1-5-21(4)18-16(31-20(21)22-8-6-15(24)10-17(22)25)12-29-33(27,32-18)28-9-7-14(11-23)19(26)30-13(2)3/h1,6,8,13-14,16,18,20,23H,7,9-12H2,2-4H3/t14?,16-,18-,20-,21-,33-/m1/s1. The van der Waals surface area contributed by atoms with E-state index in [1.165, 1.54) is 17.2 Å². The maximum Gasteiger partial charge on any atom is 0.475 e. The highest BCUT2D eigenvalue weighted by Crippen LogP contribution is 2.59. The minimum Gasteiger partial charge on any atom is -0.463 e. The summed E-state index contributed by atoms with van der Waals surface area (Å²) in [6.07, 6.45) is 5.10. The van der Waals surface area contributed by atoms with Gasteiger partial charge in [0, 0.05) is 6.20 Å². The van der Waals surface area contributed by atoms with Gasteiger partial charge in [-0.25, -0.2) is 4.57 Å². The molecule has 1 N–H and O–H groups in total. The number of phosphoric ester groups is 1. The molecule has 3 aliphatic rings. The van der Waals surface area contributed by atoms with Crippen LogP contribution in [0.25, 0.3) is 0 Å². The van der Waals surface area contributed by atoms with Crippen molar-refractivity contribution in [1.29, 1.82) is 0 Å². The van der Waals surface area contributed by atoms with Crippen molar-refractivity contribution in [1.82, 2.24) is 4.90 Å². The van der Waals surface area contributed by atoms with Crippen molar-refractivity contribution in [2.75, 3.05) is 19.8 Å². The molecule has 0 spiro atoms. The smallest absolute Gasteiger partial charge is 0.463 e. The second-order valence-corrected chi connectivity index (χ2v) is 10.1. The van der Waals surface area contributed by atoms with Crippen molar-refractivity contribution >= 4 is 25.5 Å². The summed E-state index contributed by atoms with van der Waals surface area (Å²) in [4.78, 5) is 37.1. The van der Waals surface area contributed by atoms with Gasteiger partial charge in [-0.2, -0.15) is 0 Å². The third kappa shape index (κ3) is 5.38. The third-order valence-electron chi connectivity index (χ3n) is 5.60. The monoisotopic (exact) mass is 485 g/mol. The fraction of sp³-hybridized carbons (Fsp3) is 0.667. The molecule has 2 fully saturated rings. The van der Waals surface area contributed by atoms with Crippen LogP contribution < -0.4 is 0 Å². The number of aliphatic hydroxyl groups is 1. The zero-order valence-corrected chi connectivity index (χ0v) is 19.6. The zero-order chi connectivity index (χ0) is 24.4. The molecule has 2 saturated heterocycles. The van der Waals surface area contributed by atoms with E-state index in [9.17, 15) is 24.1 Å². The summed E-state index contributed by atoms with van der Waals surface area (Å²) in [5.74, 6) is 0.331. The quantitative estimate of drug-likeness (QED) is 0.231. The van der Waals surface area contributed by atoms with Gasteiger partial charge in [0.25, 0.3) is 0 Å². The highest BCUT2D eigenvalue weighted by molar-refractivity contribution is 7.48. The molecule has 0 aromatic rings. The Morgan fingerprint density at radius 1 is 1.45 bits per heavy atom. The van der Waals surface area contributed by atoms with Crippen LogP contribution in [0.2, 0.25) is 0 Å².